The van der Waals surface area contributed by atoms with Crippen LogP contribution in [-0.4, -0.2) is 37.3 Å². The summed E-state index contributed by atoms with van der Waals surface area (Å²) >= 11 is 0. The van der Waals surface area contributed by atoms with E-state index in [0.29, 0.717) is 0 Å². The van der Waals surface area contributed by atoms with E-state index in [2.05, 4.69) is 9.97 Å². The molecule has 1 atom stereocenters. The number of rotatable bonds is 4. The lowest BCUT2D eigenvalue weighted by molar-refractivity contribution is -0.389. The number of nitro groups is 1. The second-order valence-electron chi connectivity index (χ2n) is 3.30. The van der Waals surface area contributed by atoms with Crippen molar-refractivity contribution in [3.63, 3.8) is 0 Å². The van der Waals surface area contributed by atoms with Gasteiger partial charge in [0.2, 0.25) is 0 Å². The third-order valence-electron chi connectivity index (χ3n) is 1.70. The maximum atomic E-state index is 10.3. The molecule has 0 aliphatic heterocycles. The number of hydrogen-bond donors (Lipinski definition) is 3. The molecule has 0 unspecified atom stereocenters. The Morgan fingerprint density at radius 1 is 1.79 bits per heavy atom. The highest BCUT2D eigenvalue weighted by atomic mass is 16.6. The molecule has 0 aliphatic carbocycles. The van der Waals surface area contributed by atoms with Gasteiger partial charge in [-0.25, -0.2) is 9.97 Å². The van der Waals surface area contributed by atoms with E-state index in [-0.39, 0.29) is 18.1 Å². The number of aromatic amines is 1. The quantitative estimate of drug-likeness (QED) is 0.453. The van der Waals surface area contributed by atoms with Crippen molar-refractivity contribution in [2.24, 2.45) is 0 Å². The normalized spacial score (nSPS) is 15.1. The van der Waals surface area contributed by atoms with Gasteiger partial charge < -0.3 is 20.3 Å². The van der Waals surface area contributed by atoms with Crippen molar-refractivity contribution >= 4 is 5.82 Å². The highest BCUT2D eigenvalue weighted by Gasteiger charge is 2.23. The third kappa shape index (κ3) is 2.51. The van der Waals surface area contributed by atoms with E-state index in [1.54, 1.807) is 0 Å². The van der Waals surface area contributed by atoms with Crippen LogP contribution >= 0.6 is 0 Å². The smallest absolute Gasteiger partial charge is 0.340 e. The van der Waals surface area contributed by atoms with E-state index < -0.39 is 17.1 Å². The van der Waals surface area contributed by atoms with Crippen LogP contribution in [0.1, 0.15) is 12.7 Å². The molecule has 0 bridgehead atoms. The highest BCUT2D eigenvalue weighted by Crippen LogP contribution is 2.12. The molecule has 0 aromatic carbocycles. The van der Waals surface area contributed by atoms with Crippen molar-refractivity contribution in [1.82, 2.24) is 9.97 Å². The van der Waals surface area contributed by atoms with Crippen LogP contribution < -0.4 is 0 Å². The number of hydrogen-bond acceptors (Lipinski definition) is 5. The van der Waals surface area contributed by atoms with Crippen LogP contribution in [0.25, 0.3) is 0 Å². The van der Waals surface area contributed by atoms with E-state index >= 15 is 0 Å². The van der Waals surface area contributed by atoms with Gasteiger partial charge in [0.1, 0.15) is 6.20 Å². The van der Waals surface area contributed by atoms with Crippen molar-refractivity contribution < 1.29 is 15.1 Å². The molecule has 3 N–H and O–H groups in total. The molecule has 1 aromatic heterocycles. The molecule has 0 aliphatic rings. The van der Waals surface area contributed by atoms with Gasteiger partial charge in [-0.15, -0.1) is 0 Å². The maximum Gasteiger partial charge on any atom is 0.340 e. The second-order valence-corrected chi connectivity index (χ2v) is 3.30. The molecule has 0 radical (unpaired) electrons. The second kappa shape index (κ2) is 3.72. The zero-order valence-corrected chi connectivity index (χ0v) is 7.60. The highest BCUT2D eigenvalue weighted by molar-refractivity contribution is 5.15. The van der Waals surface area contributed by atoms with Crippen molar-refractivity contribution in [2.75, 3.05) is 6.61 Å². The molecule has 0 saturated carbocycles. The molecule has 0 spiro atoms. The summed E-state index contributed by atoms with van der Waals surface area (Å²) in [6, 6.07) is 0. The van der Waals surface area contributed by atoms with Crippen molar-refractivity contribution in [3.8, 4) is 0 Å². The summed E-state index contributed by atoms with van der Waals surface area (Å²) in [4.78, 5) is 15.8. The molecule has 1 heterocycles. The Morgan fingerprint density at radius 2 is 2.43 bits per heavy atom. The minimum atomic E-state index is -1.31. The molecule has 7 nitrogen and oxygen atoms in total. The van der Waals surface area contributed by atoms with Gasteiger partial charge in [0, 0.05) is 0 Å². The summed E-state index contributed by atoms with van der Waals surface area (Å²) in [7, 11) is 0. The lowest BCUT2D eigenvalue weighted by Gasteiger charge is -2.16. The summed E-state index contributed by atoms with van der Waals surface area (Å²) < 4.78 is 0. The molecule has 78 valence electrons. The maximum absolute atomic E-state index is 10.3. The number of aliphatic hydroxyl groups excluding tert-OH is 1. The first-order chi connectivity index (χ1) is 6.44. The summed E-state index contributed by atoms with van der Waals surface area (Å²) in [6.07, 6.45) is 1.11. The molecule has 14 heavy (non-hydrogen) atoms. The van der Waals surface area contributed by atoms with Gasteiger partial charge in [-0.1, -0.05) is 0 Å². The first-order valence-electron chi connectivity index (χ1n) is 3.96. The first kappa shape index (κ1) is 10.6. The SMILES string of the molecule is C[C@@](O)(CO)Cc1ncc([N+](=O)[O-])[nH]1. The molecule has 0 saturated heterocycles. The van der Waals surface area contributed by atoms with Gasteiger partial charge in [-0.3, -0.25) is 0 Å². The minimum Gasteiger partial charge on any atom is -0.393 e. The Morgan fingerprint density at radius 3 is 2.86 bits per heavy atom. The largest absolute Gasteiger partial charge is 0.393 e. The van der Waals surface area contributed by atoms with Crippen molar-refractivity contribution in [1.29, 1.82) is 0 Å². The predicted molar refractivity (Wildman–Crippen MR) is 46.7 cm³/mol. The van der Waals surface area contributed by atoms with Gasteiger partial charge in [-0.2, -0.15) is 0 Å². The number of aromatic nitrogens is 2. The Labute approximate surface area is 79.6 Å². The summed E-state index contributed by atoms with van der Waals surface area (Å²) in [5.41, 5.74) is -1.31. The summed E-state index contributed by atoms with van der Waals surface area (Å²) in [5.74, 6) is 0.0458. The van der Waals surface area contributed by atoms with E-state index in [4.69, 9.17) is 5.11 Å². The lowest BCUT2D eigenvalue weighted by atomic mass is 10.0. The minimum absolute atomic E-state index is 0.0390. The molecule has 0 fully saturated rings. The number of imidazole rings is 1. The van der Waals surface area contributed by atoms with Crippen LogP contribution in [0.4, 0.5) is 5.82 Å². The van der Waals surface area contributed by atoms with Gasteiger partial charge in [0.15, 0.2) is 5.82 Å². The molecular weight excluding hydrogens is 190 g/mol. The number of nitrogens with one attached hydrogen (secondary N) is 1. The van der Waals surface area contributed by atoms with E-state index in [9.17, 15) is 15.2 Å². The first-order valence-corrected chi connectivity index (χ1v) is 3.96. The zero-order chi connectivity index (χ0) is 10.8. The molecule has 1 rings (SSSR count). The van der Waals surface area contributed by atoms with Crippen LogP contribution in [0.2, 0.25) is 0 Å². The van der Waals surface area contributed by atoms with E-state index in [0.717, 1.165) is 6.20 Å². The topological polar surface area (TPSA) is 112 Å². The number of H-pyrrole nitrogens is 1. The van der Waals surface area contributed by atoms with E-state index in [1.807, 2.05) is 0 Å². The zero-order valence-electron chi connectivity index (χ0n) is 7.60. The van der Waals surface area contributed by atoms with E-state index in [1.165, 1.54) is 6.92 Å². The fourth-order valence-electron chi connectivity index (χ4n) is 0.951. The summed E-state index contributed by atoms with van der Waals surface area (Å²) in [5, 5.41) is 28.5. The summed E-state index contributed by atoms with van der Waals surface area (Å²) in [6.45, 7) is 0.989. The van der Waals surface area contributed by atoms with Crippen LogP contribution in [0.15, 0.2) is 6.20 Å². The van der Waals surface area contributed by atoms with Gasteiger partial charge in [-0.05, 0) is 11.8 Å². The Bertz CT molecular complexity index is 333. The lowest BCUT2D eigenvalue weighted by Crippen LogP contribution is -2.32. The van der Waals surface area contributed by atoms with Gasteiger partial charge >= 0.3 is 5.82 Å². The predicted octanol–water partition coefficient (Wildman–Crippen LogP) is -0.396. The van der Waals surface area contributed by atoms with Crippen LogP contribution in [0, 0.1) is 10.1 Å². The fraction of sp³-hybridized carbons (Fsp3) is 0.571. The van der Waals surface area contributed by atoms with Crippen molar-refractivity contribution in [2.45, 2.75) is 18.9 Å². The standard InChI is InChI=1S/C7H11N3O4/c1-7(12,4-11)2-5-8-3-6(9-5)10(13)14/h3,11-12H,2,4H2,1H3,(H,8,9)/t7-/m0/s1. The van der Waals surface area contributed by atoms with Crippen LogP contribution in [-0.2, 0) is 6.42 Å². The fourth-order valence-corrected chi connectivity index (χ4v) is 0.951. The Kier molecular flexibility index (Phi) is 2.82. The molecule has 1 aromatic rings. The molecular formula is C7H11N3O4. The molecule has 7 heteroatoms. The number of aliphatic hydroxyl groups is 2. The Hall–Kier alpha value is -1.47. The van der Waals surface area contributed by atoms with Crippen LogP contribution in [0.5, 0.6) is 0 Å². The monoisotopic (exact) mass is 201 g/mol. The van der Waals surface area contributed by atoms with Crippen LogP contribution in [0.3, 0.4) is 0 Å². The average molecular weight is 201 g/mol. The van der Waals surface area contributed by atoms with Gasteiger partial charge in [0.05, 0.1) is 18.6 Å². The Balaban J connectivity index is 2.73. The number of nitrogens with zero attached hydrogens (tertiary/aromatic N) is 2. The third-order valence-corrected chi connectivity index (χ3v) is 1.70. The molecule has 0 amide bonds. The average Bonchev–Trinajstić information content (AvgIpc) is 2.52. The van der Waals surface area contributed by atoms with Gasteiger partial charge in [0.25, 0.3) is 0 Å². The van der Waals surface area contributed by atoms with Crippen molar-refractivity contribution in [3.05, 3.63) is 22.1 Å².